The molecule has 2 rings (SSSR count). The van der Waals surface area contributed by atoms with Gasteiger partial charge in [0.1, 0.15) is 11.5 Å². The molecule has 18 heavy (non-hydrogen) atoms. The molecule has 0 amide bonds. The summed E-state index contributed by atoms with van der Waals surface area (Å²) in [5.74, 6) is 2.45. The van der Waals surface area contributed by atoms with E-state index in [1.807, 2.05) is 6.92 Å². The van der Waals surface area contributed by atoms with Crippen LogP contribution in [-0.4, -0.2) is 28.7 Å². The zero-order valence-corrected chi connectivity index (χ0v) is 11.8. The van der Waals surface area contributed by atoms with Gasteiger partial charge < -0.3 is 9.52 Å². The lowest BCUT2D eigenvalue weighted by Gasteiger charge is -2.40. The van der Waals surface area contributed by atoms with Gasteiger partial charge in [-0.3, -0.25) is 4.90 Å². The molecule has 0 aromatic carbocycles. The number of furan rings is 1. The average Bonchev–Trinajstić information content (AvgIpc) is 2.72. The largest absolute Gasteiger partial charge is 0.465 e. The first-order valence-corrected chi connectivity index (χ1v) is 7.03. The molecular weight excluding hydrogens is 226 g/mol. The average molecular weight is 251 g/mol. The highest BCUT2D eigenvalue weighted by Crippen LogP contribution is 2.28. The normalized spacial score (nSPS) is 29.7. The highest BCUT2D eigenvalue weighted by molar-refractivity contribution is 5.07. The quantitative estimate of drug-likeness (QED) is 0.894. The van der Waals surface area contributed by atoms with Crippen molar-refractivity contribution in [2.75, 3.05) is 13.1 Å². The zero-order valence-electron chi connectivity index (χ0n) is 11.8. The molecule has 102 valence electrons. The highest BCUT2D eigenvalue weighted by Gasteiger charge is 2.34. The Kier molecular flexibility index (Phi) is 4.13. The minimum atomic E-state index is -0.507. The Hall–Kier alpha value is -0.800. The van der Waals surface area contributed by atoms with Crippen molar-refractivity contribution in [1.29, 1.82) is 0 Å². The van der Waals surface area contributed by atoms with E-state index < -0.39 is 5.60 Å². The first kappa shape index (κ1) is 13.6. The molecule has 0 bridgehead atoms. The van der Waals surface area contributed by atoms with E-state index in [4.69, 9.17) is 4.42 Å². The monoisotopic (exact) mass is 251 g/mol. The van der Waals surface area contributed by atoms with Crippen LogP contribution in [0.5, 0.6) is 0 Å². The molecular formula is C15H25NO2. The number of hydrogen-bond acceptors (Lipinski definition) is 3. The van der Waals surface area contributed by atoms with E-state index >= 15 is 0 Å². The third-order valence-corrected chi connectivity index (χ3v) is 4.12. The van der Waals surface area contributed by atoms with Gasteiger partial charge in [-0.1, -0.05) is 13.8 Å². The molecule has 1 fully saturated rings. The van der Waals surface area contributed by atoms with Crippen molar-refractivity contribution in [2.24, 2.45) is 5.92 Å². The van der Waals surface area contributed by atoms with Gasteiger partial charge in [-0.05, 0) is 37.8 Å². The van der Waals surface area contributed by atoms with Crippen LogP contribution in [0.25, 0.3) is 0 Å². The van der Waals surface area contributed by atoms with Gasteiger partial charge in [0.2, 0.25) is 0 Å². The van der Waals surface area contributed by atoms with Crippen LogP contribution >= 0.6 is 0 Å². The van der Waals surface area contributed by atoms with E-state index in [9.17, 15) is 5.11 Å². The van der Waals surface area contributed by atoms with Gasteiger partial charge in [0.15, 0.2) is 0 Å². The third kappa shape index (κ3) is 3.15. The Labute approximate surface area is 110 Å². The van der Waals surface area contributed by atoms with Crippen molar-refractivity contribution < 1.29 is 9.52 Å². The van der Waals surface area contributed by atoms with Crippen LogP contribution in [0.15, 0.2) is 16.5 Å². The fraction of sp³-hybridized carbons (Fsp3) is 0.733. The van der Waals surface area contributed by atoms with Crippen molar-refractivity contribution in [3.8, 4) is 0 Å². The molecule has 1 aliphatic heterocycles. The summed E-state index contributed by atoms with van der Waals surface area (Å²) in [6.07, 6.45) is 2.98. The second-order valence-electron chi connectivity index (χ2n) is 5.86. The fourth-order valence-corrected chi connectivity index (χ4v) is 2.56. The van der Waals surface area contributed by atoms with Crippen LogP contribution in [0.2, 0.25) is 0 Å². The van der Waals surface area contributed by atoms with E-state index in [2.05, 4.69) is 30.9 Å². The lowest BCUT2D eigenvalue weighted by Crippen LogP contribution is -2.48. The summed E-state index contributed by atoms with van der Waals surface area (Å²) >= 11 is 0. The van der Waals surface area contributed by atoms with E-state index in [1.165, 1.54) is 0 Å². The van der Waals surface area contributed by atoms with Crippen LogP contribution in [0, 0.1) is 5.92 Å². The first-order valence-electron chi connectivity index (χ1n) is 7.03. The zero-order chi connectivity index (χ0) is 13.2. The summed E-state index contributed by atoms with van der Waals surface area (Å²) in [5, 5.41) is 10.2. The molecule has 2 atom stereocenters. The molecule has 0 aliphatic carbocycles. The maximum atomic E-state index is 10.2. The number of rotatable bonds is 4. The van der Waals surface area contributed by atoms with E-state index in [-0.39, 0.29) is 0 Å². The Morgan fingerprint density at radius 3 is 2.83 bits per heavy atom. The van der Waals surface area contributed by atoms with Gasteiger partial charge in [-0.15, -0.1) is 0 Å². The number of likely N-dealkylation sites (tertiary alicyclic amines) is 1. The SMILES string of the molecule is CCCc1ccc(CN2CC[C@](C)(O)[C@H](C)C2)o1. The Balaban J connectivity index is 1.90. The number of nitrogens with zero attached hydrogens (tertiary/aromatic N) is 1. The molecule has 0 saturated carbocycles. The van der Waals surface area contributed by atoms with Crippen molar-refractivity contribution in [2.45, 2.75) is 52.2 Å². The first-order chi connectivity index (χ1) is 8.51. The summed E-state index contributed by atoms with van der Waals surface area (Å²) in [5.41, 5.74) is -0.507. The van der Waals surface area contributed by atoms with Gasteiger partial charge >= 0.3 is 0 Å². The summed E-state index contributed by atoms with van der Waals surface area (Å²) in [6.45, 7) is 8.98. The van der Waals surface area contributed by atoms with Crippen molar-refractivity contribution >= 4 is 0 Å². The van der Waals surface area contributed by atoms with Crippen molar-refractivity contribution in [3.05, 3.63) is 23.7 Å². The van der Waals surface area contributed by atoms with E-state index in [0.29, 0.717) is 5.92 Å². The van der Waals surface area contributed by atoms with E-state index in [1.54, 1.807) is 0 Å². The lowest BCUT2D eigenvalue weighted by atomic mass is 9.84. The predicted molar refractivity (Wildman–Crippen MR) is 72.4 cm³/mol. The van der Waals surface area contributed by atoms with Crippen LogP contribution in [0.1, 0.15) is 45.1 Å². The second kappa shape index (κ2) is 5.45. The van der Waals surface area contributed by atoms with Crippen LogP contribution in [-0.2, 0) is 13.0 Å². The number of aryl methyl sites for hydroxylation is 1. The molecule has 1 saturated heterocycles. The standard InChI is InChI=1S/C15H25NO2/c1-4-5-13-6-7-14(18-13)11-16-9-8-15(3,17)12(2)10-16/h6-7,12,17H,4-5,8-11H2,1-3H3/t12-,15+/m1/s1. The second-order valence-corrected chi connectivity index (χ2v) is 5.86. The lowest BCUT2D eigenvalue weighted by molar-refractivity contribution is -0.0535. The van der Waals surface area contributed by atoms with Crippen molar-refractivity contribution in [1.82, 2.24) is 4.90 Å². The Morgan fingerprint density at radius 2 is 2.17 bits per heavy atom. The van der Waals surface area contributed by atoms with Gasteiger partial charge in [0, 0.05) is 19.5 Å². The highest BCUT2D eigenvalue weighted by atomic mass is 16.3. The predicted octanol–water partition coefficient (Wildman–Crippen LogP) is 2.82. The molecule has 2 heterocycles. The minimum absolute atomic E-state index is 0.316. The Morgan fingerprint density at radius 1 is 1.44 bits per heavy atom. The van der Waals surface area contributed by atoms with Gasteiger partial charge in [-0.25, -0.2) is 0 Å². The van der Waals surface area contributed by atoms with Crippen LogP contribution < -0.4 is 0 Å². The van der Waals surface area contributed by atoms with Crippen molar-refractivity contribution in [3.63, 3.8) is 0 Å². The van der Waals surface area contributed by atoms with Gasteiger partial charge in [-0.2, -0.15) is 0 Å². The van der Waals surface area contributed by atoms with E-state index in [0.717, 1.165) is 50.4 Å². The third-order valence-electron chi connectivity index (χ3n) is 4.12. The molecule has 1 aromatic heterocycles. The molecule has 0 spiro atoms. The molecule has 1 aromatic rings. The topological polar surface area (TPSA) is 36.6 Å². The molecule has 0 unspecified atom stereocenters. The Bertz CT molecular complexity index is 384. The maximum Gasteiger partial charge on any atom is 0.118 e. The van der Waals surface area contributed by atoms with Crippen LogP contribution in [0.4, 0.5) is 0 Å². The van der Waals surface area contributed by atoms with Gasteiger partial charge in [0.25, 0.3) is 0 Å². The smallest absolute Gasteiger partial charge is 0.118 e. The van der Waals surface area contributed by atoms with Crippen LogP contribution in [0.3, 0.4) is 0 Å². The summed E-state index contributed by atoms with van der Waals surface area (Å²) in [7, 11) is 0. The minimum Gasteiger partial charge on any atom is -0.465 e. The molecule has 1 aliphatic rings. The number of piperidine rings is 1. The number of hydrogen-bond donors (Lipinski definition) is 1. The maximum absolute atomic E-state index is 10.2. The van der Waals surface area contributed by atoms with Gasteiger partial charge in [0.05, 0.1) is 12.1 Å². The molecule has 3 nitrogen and oxygen atoms in total. The molecule has 1 N–H and O–H groups in total. The summed E-state index contributed by atoms with van der Waals surface area (Å²) in [6, 6.07) is 4.17. The molecule has 3 heteroatoms. The summed E-state index contributed by atoms with van der Waals surface area (Å²) < 4.78 is 5.81. The fourth-order valence-electron chi connectivity index (χ4n) is 2.56. The number of aliphatic hydroxyl groups is 1. The molecule has 0 radical (unpaired) electrons. The summed E-state index contributed by atoms with van der Waals surface area (Å²) in [4.78, 5) is 2.37.